The van der Waals surface area contributed by atoms with E-state index in [-0.39, 0.29) is 33.9 Å². The molecule has 0 aliphatic carbocycles. The van der Waals surface area contributed by atoms with Crippen molar-refractivity contribution in [2.24, 2.45) is 0 Å². The monoisotopic (exact) mass is 431 g/mol. The van der Waals surface area contributed by atoms with Crippen LogP contribution in [-0.4, -0.2) is 36.3 Å². The van der Waals surface area contributed by atoms with Gasteiger partial charge in [-0.25, -0.2) is 4.79 Å². The molecular formula is C18H16F3NO4S2. The van der Waals surface area contributed by atoms with E-state index >= 15 is 0 Å². The molecule has 1 aromatic heterocycles. The van der Waals surface area contributed by atoms with Gasteiger partial charge in [-0.05, 0) is 54.6 Å². The number of hydrogen-bond acceptors (Lipinski definition) is 6. The van der Waals surface area contributed by atoms with Crippen LogP contribution in [0.4, 0.5) is 13.2 Å². The number of Topliss-reactive ketones (excluding diaryl/α,β-unsaturated/α-hetero) is 1. The van der Waals surface area contributed by atoms with Gasteiger partial charge < -0.3 is 10.1 Å². The van der Waals surface area contributed by atoms with Gasteiger partial charge in [0, 0.05) is 23.2 Å². The lowest BCUT2D eigenvalue weighted by Crippen LogP contribution is -2.22. The van der Waals surface area contributed by atoms with Crippen LogP contribution in [0.3, 0.4) is 0 Å². The highest BCUT2D eigenvalue weighted by atomic mass is 32.2. The summed E-state index contributed by atoms with van der Waals surface area (Å²) < 4.78 is 41.8. The highest BCUT2D eigenvalue weighted by Crippen LogP contribution is 2.36. The zero-order chi connectivity index (χ0) is 20.7. The smallest absolute Gasteiger partial charge is 0.446 e. The van der Waals surface area contributed by atoms with Gasteiger partial charge in [0.1, 0.15) is 0 Å². The second-order valence-corrected chi connectivity index (χ2v) is 7.88. The number of halogens is 3. The Bertz CT molecular complexity index is 847. The number of ketones is 1. The zero-order valence-electron chi connectivity index (χ0n) is 14.7. The quantitative estimate of drug-likeness (QED) is 0.387. The normalized spacial score (nSPS) is 11.1. The molecule has 1 heterocycles. The van der Waals surface area contributed by atoms with E-state index < -0.39 is 18.1 Å². The molecule has 0 atom stereocenters. The van der Waals surface area contributed by atoms with Crippen molar-refractivity contribution in [3.05, 3.63) is 51.7 Å². The Kier molecular flexibility index (Phi) is 7.64. The van der Waals surface area contributed by atoms with Gasteiger partial charge in [-0.15, -0.1) is 11.3 Å². The summed E-state index contributed by atoms with van der Waals surface area (Å²) in [4.78, 5) is 36.2. The molecule has 0 saturated heterocycles. The maximum Gasteiger partial charge on any atom is 0.446 e. The molecule has 1 amide bonds. The Morgan fingerprint density at radius 1 is 1.11 bits per heavy atom. The zero-order valence-corrected chi connectivity index (χ0v) is 16.3. The van der Waals surface area contributed by atoms with Gasteiger partial charge in [-0.1, -0.05) is 0 Å². The fraction of sp³-hybridized carbons (Fsp3) is 0.278. The minimum Gasteiger partial charge on any atom is -0.454 e. The van der Waals surface area contributed by atoms with Gasteiger partial charge in [-0.2, -0.15) is 13.2 Å². The third-order valence-electron chi connectivity index (χ3n) is 3.34. The van der Waals surface area contributed by atoms with Crippen molar-refractivity contribution in [2.45, 2.75) is 23.7 Å². The van der Waals surface area contributed by atoms with E-state index in [9.17, 15) is 27.6 Å². The number of esters is 1. The number of carbonyl (C=O) groups excluding carboxylic acids is 3. The number of amides is 1. The van der Waals surface area contributed by atoms with E-state index in [1.165, 1.54) is 30.4 Å². The number of thiophene rings is 1. The summed E-state index contributed by atoms with van der Waals surface area (Å²) in [6.45, 7) is 1.41. The maximum atomic E-state index is 12.3. The van der Waals surface area contributed by atoms with Crippen LogP contribution in [0.2, 0.25) is 0 Å². The lowest BCUT2D eigenvalue weighted by molar-refractivity contribution is -0.118. The van der Waals surface area contributed by atoms with Crippen LogP contribution in [0, 0.1) is 0 Å². The largest absolute Gasteiger partial charge is 0.454 e. The number of benzene rings is 1. The van der Waals surface area contributed by atoms with Gasteiger partial charge in [0.05, 0.1) is 10.4 Å². The van der Waals surface area contributed by atoms with Gasteiger partial charge in [0.25, 0.3) is 0 Å². The number of carbonyl (C=O) groups is 3. The van der Waals surface area contributed by atoms with E-state index in [4.69, 9.17) is 4.74 Å². The molecule has 1 aromatic carbocycles. The van der Waals surface area contributed by atoms with E-state index in [0.717, 1.165) is 17.0 Å². The summed E-state index contributed by atoms with van der Waals surface area (Å²) in [6.07, 6.45) is 0.583. The van der Waals surface area contributed by atoms with Crippen molar-refractivity contribution < 1.29 is 32.3 Å². The predicted octanol–water partition coefficient (Wildman–Crippen LogP) is 4.08. The van der Waals surface area contributed by atoms with Gasteiger partial charge in [0.15, 0.2) is 6.61 Å². The fourth-order valence-corrected chi connectivity index (χ4v) is 3.57. The van der Waals surface area contributed by atoms with Crippen LogP contribution >= 0.6 is 23.1 Å². The molecule has 28 heavy (non-hydrogen) atoms. The van der Waals surface area contributed by atoms with Gasteiger partial charge in [-0.3, -0.25) is 9.59 Å². The van der Waals surface area contributed by atoms with E-state index in [1.54, 1.807) is 12.1 Å². The Balaban J connectivity index is 1.84. The van der Waals surface area contributed by atoms with E-state index in [0.29, 0.717) is 17.8 Å². The first-order valence-electron chi connectivity index (χ1n) is 8.03. The SMILES string of the molecule is CC(=O)NCCc1ccc(C(=O)COC(=O)c2ccc(SC(F)(F)F)cc2)s1. The van der Waals surface area contributed by atoms with Gasteiger partial charge in [0.2, 0.25) is 11.7 Å². The molecular weight excluding hydrogens is 415 g/mol. The molecule has 5 nitrogen and oxygen atoms in total. The van der Waals surface area contributed by atoms with Crippen molar-refractivity contribution in [3.8, 4) is 0 Å². The number of hydrogen-bond donors (Lipinski definition) is 1. The molecule has 0 radical (unpaired) electrons. The van der Waals surface area contributed by atoms with E-state index in [1.807, 2.05) is 0 Å². The van der Waals surface area contributed by atoms with Crippen LogP contribution in [-0.2, 0) is 16.0 Å². The van der Waals surface area contributed by atoms with Crippen LogP contribution in [0.15, 0.2) is 41.3 Å². The number of rotatable bonds is 8. The number of alkyl halides is 3. The average Bonchev–Trinajstić information content (AvgIpc) is 3.07. The molecule has 0 aliphatic heterocycles. The van der Waals surface area contributed by atoms with Crippen molar-refractivity contribution in [2.75, 3.05) is 13.2 Å². The molecule has 0 spiro atoms. The summed E-state index contributed by atoms with van der Waals surface area (Å²) >= 11 is 0.964. The molecule has 0 aliphatic rings. The van der Waals surface area contributed by atoms with E-state index in [2.05, 4.69) is 5.32 Å². The van der Waals surface area contributed by atoms with Crippen molar-refractivity contribution in [1.29, 1.82) is 0 Å². The van der Waals surface area contributed by atoms with Crippen LogP contribution < -0.4 is 5.32 Å². The second-order valence-electron chi connectivity index (χ2n) is 5.57. The minimum absolute atomic E-state index is 0.0505. The summed E-state index contributed by atoms with van der Waals surface area (Å²) in [5.41, 5.74) is -4.35. The summed E-state index contributed by atoms with van der Waals surface area (Å²) in [7, 11) is 0. The lowest BCUT2D eigenvalue weighted by Gasteiger charge is -2.06. The first kappa shape index (κ1) is 22.0. The van der Waals surface area contributed by atoms with Crippen LogP contribution in [0.1, 0.15) is 31.8 Å². The predicted molar refractivity (Wildman–Crippen MR) is 99.7 cm³/mol. The third-order valence-corrected chi connectivity index (χ3v) is 5.27. The highest BCUT2D eigenvalue weighted by Gasteiger charge is 2.29. The summed E-state index contributed by atoms with van der Waals surface area (Å²) in [6, 6.07) is 8.14. The van der Waals surface area contributed by atoms with Crippen LogP contribution in [0.25, 0.3) is 0 Å². The molecule has 2 aromatic rings. The first-order valence-corrected chi connectivity index (χ1v) is 9.66. The standard InChI is InChI=1S/C18H16F3NO4S2/c1-11(23)22-9-8-13-6-7-16(27-13)15(24)10-26-17(25)12-2-4-14(5-3-12)28-18(19,20)21/h2-7H,8-10H2,1H3,(H,22,23). The Morgan fingerprint density at radius 3 is 2.39 bits per heavy atom. The summed E-state index contributed by atoms with van der Waals surface area (Å²) in [5, 5.41) is 2.66. The molecule has 0 saturated carbocycles. The molecule has 150 valence electrons. The number of ether oxygens (including phenoxy) is 1. The Hall–Kier alpha value is -2.33. The molecule has 2 rings (SSSR count). The van der Waals surface area contributed by atoms with Crippen molar-refractivity contribution in [3.63, 3.8) is 0 Å². The molecule has 0 unspecified atom stereocenters. The number of thioether (sulfide) groups is 1. The summed E-state index contributed by atoms with van der Waals surface area (Å²) in [5.74, 6) is -1.31. The van der Waals surface area contributed by atoms with Crippen molar-refractivity contribution in [1.82, 2.24) is 5.32 Å². The number of nitrogens with one attached hydrogen (secondary N) is 1. The third kappa shape index (κ3) is 7.35. The molecule has 10 heteroatoms. The molecule has 1 N–H and O–H groups in total. The lowest BCUT2D eigenvalue weighted by atomic mass is 10.2. The molecule has 0 bridgehead atoms. The topological polar surface area (TPSA) is 72.5 Å². The minimum atomic E-state index is -4.41. The van der Waals surface area contributed by atoms with Gasteiger partial charge >= 0.3 is 11.5 Å². The average molecular weight is 431 g/mol. The second kappa shape index (κ2) is 9.74. The maximum absolute atomic E-state index is 12.3. The Labute approximate surface area is 167 Å². The first-order chi connectivity index (χ1) is 13.1. The molecule has 0 fully saturated rings. The fourth-order valence-electron chi connectivity index (χ4n) is 2.10. The van der Waals surface area contributed by atoms with Crippen LogP contribution in [0.5, 0.6) is 0 Å². The Morgan fingerprint density at radius 2 is 1.79 bits per heavy atom. The highest BCUT2D eigenvalue weighted by molar-refractivity contribution is 8.00. The van der Waals surface area contributed by atoms with Crippen molar-refractivity contribution >= 4 is 40.8 Å².